The molecule has 2 aliphatic rings. The summed E-state index contributed by atoms with van der Waals surface area (Å²) in [5.74, 6) is 5.45. The smallest absolute Gasteiger partial charge is 0.296 e. The van der Waals surface area contributed by atoms with E-state index in [4.69, 9.17) is 0 Å². The van der Waals surface area contributed by atoms with E-state index < -0.39 is 0 Å². The second kappa shape index (κ2) is 5.15. The van der Waals surface area contributed by atoms with Crippen molar-refractivity contribution in [1.82, 2.24) is 15.5 Å². The molecule has 0 radical (unpaired) electrons. The Balaban J connectivity index is 1.66. The van der Waals surface area contributed by atoms with Gasteiger partial charge in [-0.05, 0) is 18.8 Å². The van der Waals surface area contributed by atoms with Crippen molar-refractivity contribution >= 4 is 5.91 Å². The minimum absolute atomic E-state index is 0.118. The van der Waals surface area contributed by atoms with E-state index in [1.807, 2.05) is 0 Å². The molecule has 4 nitrogen and oxygen atoms in total. The predicted molar refractivity (Wildman–Crippen MR) is 58.3 cm³/mol. The van der Waals surface area contributed by atoms with Crippen LogP contribution in [0.2, 0.25) is 0 Å². The van der Waals surface area contributed by atoms with Gasteiger partial charge in [-0.1, -0.05) is 5.92 Å². The summed E-state index contributed by atoms with van der Waals surface area (Å²) in [7, 11) is 0. The molecule has 1 heterocycles. The van der Waals surface area contributed by atoms with E-state index in [-0.39, 0.29) is 5.91 Å². The first-order valence-corrected chi connectivity index (χ1v) is 5.57. The second-order valence-electron chi connectivity index (χ2n) is 4.08. The van der Waals surface area contributed by atoms with E-state index in [0.717, 1.165) is 39.0 Å². The lowest BCUT2D eigenvalue weighted by molar-refractivity contribution is -0.115. The summed E-state index contributed by atoms with van der Waals surface area (Å²) in [4.78, 5) is 13.5. The van der Waals surface area contributed by atoms with Gasteiger partial charge in [-0.15, -0.1) is 0 Å². The molecule has 0 bridgehead atoms. The number of piperazine rings is 1. The summed E-state index contributed by atoms with van der Waals surface area (Å²) in [6, 6.07) is 0.408. The van der Waals surface area contributed by atoms with Crippen LogP contribution in [0.4, 0.5) is 0 Å². The molecule has 0 aromatic carbocycles. The fourth-order valence-electron chi connectivity index (χ4n) is 1.55. The molecule has 4 heteroatoms. The minimum atomic E-state index is -0.118. The van der Waals surface area contributed by atoms with Crippen molar-refractivity contribution in [3.05, 3.63) is 0 Å². The maximum absolute atomic E-state index is 11.2. The van der Waals surface area contributed by atoms with E-state index in [9.17, 15) is 4.79 Å². The molecule has 0 atom stereocenters. The van der Waals surface area contributed by atoms with Gasteiger partial charge in [-0.2, -0.15) is 0 Å². The van der Waals surface area contributed by atoms with Crippen LogP contribution in [0.5, 0.6) is 0 Å². The zero-order valence-corrected chi connectivity index (χ0v) is 8.88. The van der Waals surface area contributed by atoms with Gasteiger partial charge in [0.05, 0.1) is 6.54 Å². The van der Waals surface area contributed by atoms with Crippen LogP contribution in [-0.2, 0) is 4.79 Å². The second-order valence-corrected chi connectivity index (χ2v) is 4.08. The number of carbonyl (C=O) groups excluding carboxylic acids is 1. The molecule has 2 N–H and O–H groups in total. The van der Waals surface area contributed by atoms with E-state index in [0.29, 0.717) is 12.6 Å². The lowest BCUT2D eigenvalue weighted by Gasteiger charge is -2.24. The number of hydrogen-bond acceptors (Lipinski definition) is 3. The lowest BCUT2D eigenvalue weighted by atomic mass is 10.3. The van der Waals surface area contributed by atoms with Gasteiger partial charge < -0.3 is 10.6 Å². The third-order valence-electron chi connectivity index (χ3n) is 2.63. The van der Waals surface area contributed by atoms with Crippen molar-refractivity contribution in [2.75, 3.05) is 32.7 Å². The maximum atomic E-state index is 11.2. The number of nitrogens with zero attached hydrogens (tertiary/aromatic N) is 1. The molecule has 0 aromatic heterocycles. The Labute approximate surface area is 90.4 Å². The molecule has 0 aromatic rings. The molecular formula is C11H17N3O. The Hall–Kier alpha value is -1.05. The van der Waals surface area contributed by atoms with Gasteiger partial charge in [0.1, 0.15) is 0 Å². The van der Waals surface area contributed by atoms with Crippen LogP contribution in [0.1, 0.15) is 12.8 Å². The Kier molecular flexibility index (Phi) is 3.59. The van der Waals surface area contributed by atoms with Gasteiger partial charge >= 0.3 is 0 Å². The van der Waals surface area contributed by atoms with Gasteiger partial charge in [0.2, 0.25) is 0 Å². The van der Waals surface area contributed by atoms with Gasteiger partial charge in [-0.25, -0.2) is 0 Å². The first-order valence-electron chi connectivity index (χ1n) is 5.57. The third kappa shape index (κ3) is 3.90. The number of amides is 1. The van der Waals surface area contributed by atoms with Crippen LogP contribution in [0, 0.1) is 11.8 Å². The molecule has 15 heavy (non-hydrogen) atoms. The fourth-order valence-corrected chi connectivity index (χ4v) is 1.55. The van der Waals surface area contributed by atoms with E-state index in [1.54, 1.807) is 0 Å². The zero-order chi connectivity index (χ0) is 10.5. The van der Waals surface area contributed by atoms with Crippen LogP contribution in [0.25, 0.3) is 0 Å². The van der Waals surface area contributed by atoms with Gasteiger partial charge in [0, 0.05) is 32.2 Å². The highest BCUT2D eigenvalue weighted by Gasteiger charge is 2.22. The van der Waals surface area contributed by atoms with Crippen molar-refractivity contribution in [2.24, 2.45) is 0 Å². The highest BCUT2D eigenvalue weighted by atomic mass is 16.1. The lowest BCUT2D eigenvalue weighted by Crippen LogP contribution is -2.43. The number of hydrogen-bond donors (Lipinski definition) is 2. The molecule has 0 spiro atoms. The molecular weight excluding hydrogens is 190 g/mol. The monoisotopic (exact) mass is 207 g/mol. The Morgan fingerprint density at radius 3 is 2.80 bits per heavy atom. The van der Waals surface area contributed by atoms with Crippen LogP contribution in [-0.4, -0.2) is 49.6 Å². The molecule has 1 aliphatic carbocycles. The maximum Gasteiger partial charge on any atom is 0.296 e. The van der Waals surface area contributed by atoms with Gasteiger partial charge in [0.25, 0.3) is 5.91 Å². The summed E-state index contributed by atoms with van der Waals surface area (Å²) in [5, 5.41) is 6.13. The van der Waals surface area contributed by atoms with E-state index in [2.05, 4.69) is 27.4 Å². The highest BCUT2D eigenvalue weighted by Crippen LogP contribution is 2.17. The topological polar surface area (TPSA) is 44.4 Å². The number of nitrogens with one attached hydrogen (secondary N) is 2. The quantitative estimate of drug-likeness (QED) is 0.581. The summed E-state index contributed by atoms with van der Waals surface area (Å²) in [6.45, 7) is 4.81. The molecule has 2 fully saturated rings. The summed E-state index contributed by atoms with van der Waals surface area (Å²) in [6.07, 6.45) is 2.23. The summed E-state index contributed by atoms with van der Waals surface area (Å²) >= 11 is 0. The molecule has 0 unspecified atom stereocenters. The van der Waals surface area contributed by atoms with Gasteiger partial charge in [-0.3, -0.25) is 9.69 Å². The average Bonchev–Trinajstić information content (AvgIpc) is 3.03. The van der Waals surface area contributed by atoms with Crippen molar-refractivity contribution < 1.29 is 4.79 Å². The number of rotatable bonds is 2. The van der Waals surface area contributed by atoms with Crippen LogP contribution in [0.15, 0.2) is 0 Å². The van der Waals surface area contributed by atoms with Crippen LogP contribution >= 0.6 is 0 Å². The normalized spacial score (nSPS) is 21.6. The van der Waals surface area contributed by atoms with Crippen molar-refractivity contribution in [3.63, 3.8) is 0 Å². The summed E-state index contributed by atoms with van der Waals surface area (Å²) in [5.41, 5.74) is 0. The van der Waals surface area contributed by atoms with E-state index >= 15 is 0 Å². The molecule has 1 saturated heterocycles. The number of carbonyl (C=O) groups is 1. The highest BCUT2D eigenvalue weighted by molar-refractivity contribution is 5.93. The third-order valence-corrected chi connectivity index (χ3v) is 2.63. The molecule has 82 valence electrons. The van der Waals surface area contributed by atoms with Crippen molar-refractivity contribution in [3.8, 4) is 11.8 Å². The zero-order valence-electron chi connectivity index (χ0n) is 8.88. The fraction of sp³-hybridized carbons (Fsp3) is 0.727. The molecule has 2 rings (SSSR count). The first-order chi connectivity index (χ1) is 7.34. The largest absolute Gasteiger partial charge is 0.343 e. The standard InChI is InChI=1S/C11H17N3O/c15-11(13-10-3-4-10)2-1-7-14-8-5-12-6-9-14/h10,12H,3-9H2,(H,13,15). The molecule has 1 saturated carbocycles. The Morgan fingerprint density at radius 1 is 1.40 bits per heavy atom. The molecule has 1 amide bonds. The Bertz CT molecular complexity index is 282. The summed E-state index contributed by atoms with van der Waals surface area (Å²) < 4.78 is 0. The van der Waals surface area contributed by atoms with Crippen molar-refractivity contribution in [1.29, 1.82) is 0 Å². The van der Waals surface area contributed by atoms with Crippen molar-refractivity contribution in [2.45, 2.75) is 18.9 Å². The van der Waals surface area contributed by atoms with Crippen LogP contribution < -0.4 is 10.6 Å². The van der Waals surface area contributed by atoms with Crippen LogP contribution in [0.3, 0.4) is 0 Å². The predicted octanol–water partition coefficient (Wildman–Crippen LogP) is -0.826. The molecule has 1 aliphatic heterocycles. The Morgan fingerprint density at radius 2 is 2.13 bits per heavy atom. The van der Waals surface area contributed by atoms with Gasteiger partial charge in [0.15, 0.2) is 0 Å². The van der Waals surface area contributed by atoms with E-state index in [1.165, 1.54) is 0 Å². The average molecular weight is 207 g/mol. The first kappa shape index (κ1) is 10.5. The minimum Gasteiger partial charge on any atom is -0.343 e. The SMILES string of the molecule is O=C(C#CCN1CCNCC1)NC1CC1.